The summed E-state index contributed by atoms with van der Waals surface area (Å²) < 4.78 is 11.3. The molecule has 2 N–H and O–H groups in total. The van der Waals surface area contributed by atoms with Crippen LogP contribution < -0.4 is 20.1 Å². The molecule has 7 heteroatoms. The van der Waals surface area contributed by atoms with Crippen LogP contribution in [0, 0.1) is 0 Å². The molecule has 0 saturated carbocycles. The maximum absolute atomic E-state index is 12.2. The summed E-state index contributed by atoms with van der Waals surface area (Å²) >= 11 is 3.36. The van der Waals surface area contributed by atoms with Gasteiger partial charge >= 0.3 is 0 Å². The molecular formula is C19H21BrN2O4. The van der Waals surface area contributed by atoms with Gasteiger partial charge in [-0.2, -0.15) is 0 Å². The smallest absolute Gasteiger partial charge is 0.251 e. The minimum absolute atomic E-state index is 0.0901. The van der Waals surface area contributed by atoms with Gasteiger partial charge in [0.05, 0.1) is 20.6 Å². The molecule has 0 heterocycles. The number of amides is 2. The molecule has 2 amide bonds. The quantitative estimate of drug-likeness (QED) is 0.643. The van der Waals surface area contributed by atoms with Crippen LogP contribution in [0.15, 0.2) is 46.9 Å². The van der Waals surface area contributed by atoms with Crippen molar-refractivity contribution in [2.45, 2.75) is 6.42 Å². The number of carbonyl (C=O) groups excluding carboxylic acids is 2. The first-order valence-electron chi connectivity index (χ1n) is 8.05. The van der Waals surface area contributed by atoms with Crippen molar-refractivity contribution in [2.24, 2.45) is 0 Å². The van der Waals surface area contributed by atoms with Crippen LogP contribution in [0.1, 0.15) is 15.9 Å². The van der Waals surface area contributed by atoms with E-state index in [4.69, 9.17) is 9.47 Å². The Morgan fingerprint density at radius 3 is 2.23 bits per heavy atom. The standard InChI is InChI=1S/C19H21BrN2O4/c1-25-16-8-5-14(12-17(16)26-2)19(24)22-10-9-21-18(23)11-13-3-6-15(20)7-4-13/h3-8,12H,9-11H2,1-2H3,(H,21,23)(H,22,24). The Hall–Kier alpha value is -2.54. The molecule has 0 bridgehead atoms. The largest absolute Gasteiger partial charge is 0.493 e. The first-order chi connectivity index (χ1) is 12.5. The van der Waals surface area contributed by atoms with Gasteiger partial charge in [-0.3, -0.25) is 9.59 Å². The predicted molar refractivity (Wildman–Crippen MR) is 103 cm³/mol. The Balaban J connectivity index is 1.76. The maximum atomic E-state index is 12.2. The molecule has 0 aliphatic rings. The van der Waals surface area contributed by atoms with E-state index in [0.29, 0.717) is 36.6 Å². The summed E-state index contributed by atoms with van der Waals surface area (Å²) in [7, 11) is 3.05. The number of methoxy groups -OCH3 is 2. The topological polar surface area (TPSA) is 76.7 Å². The van der Waals surface area contributed by atoms with Crippen LogP contribution >= 0.6 is 15.9 Å². The summed E-state index contributed by atoms with van der Waals surface area (Å²) in [4.78, 5) is 24.1. The Kier molecular flexibility index (Phi) is 7.47. The van der Waals surface area contributed by atoms with Crippen molar-refractivity contribution in [3.63, 3.8) is 0 Å². The number of ether oxygens (including phenoxy) is 2. The third kappa shape index (κ3) is 5.77. The van der Waals surface area contributed by atoms with Crippen molar-refractivity contribution < 1.29 is 19.1 Å². The summed E-state index contributed by atoms with van der Waals surface area (Å²) in [5.74, 6) is 0.716. The highest BCUT2D eigenvalue weighted by atomic mass is 79.9. The van der Waals surface area contributed by atoms with Gasteiger partial charge < -0.3 is 20.1 Å². The average Bonchev–Trinajstić information content (AvgIpc) is 2.66. The molecule has 0 saturated heterocycles. The lowest BCUT2D eigenvalue weighted by Crippen LogP contribution is -2.35. The van der Waals surface area contributed by atoms with Crippen LogP contribution in [0.5, 0.6) is 11.5 Å². The molecule has 0 spiro atoms. The highest BCUT2D eigenvalue weighted by molar-refractivity contribution is 9.10. The first-order valence-corrected chi connectivity index (χ1v) is 8.84. The second-order valence-corrected chi connectivity index (χ2v) is 6.39. The van der Waals surface area contributed by atoms with Crippen molar-refractivity contribution in [3.8, 4) is 11.5 Å². The molecule has 2 rings (SSSR count). The number of rotatable bonds is 8. The molecule has 0 radical (unpaired) electrons. The van der Waals surface area contributed by atoms with Gasteiger partial charge in [0.2, 0.25) is 5.91 Å². The molecule has 0 aliphatic heterocycles. The zero-order chi connectivity index (χ0) is 18.9. The Bertz CT molecular complexity index is 763. The fraction of sp³-hybridized carbons (Fsp3) is 0.263. The molecule has 2 aromatic carbocycles. The summed E-state index contributed by atoms with van der Waals surface area (Å²) in [5.41, 5.74) is 1.39. The average molecular weight is 421 g/mol. The lowest BCUT2D eigenvalue weighted by atomic mass is 10.1. The van der Waals surface area contributed by atoms with Crippen LogP contribution in [-0.4, -0.2) is 39.1 Å². The van der Waals surface area contributed by atoms with Crippen LogP contribution in [-0.2, 0) is 11.2 Å². The number of benzene rings is 2. The SMILES string of the molecule is COc1ccc(C(=O)NCCNC(=O)Cc2ccc(Br)cc2)cc1OC. The van der Waals surface area contributed by atoms with E-state index >= 15 is 0 Å². The van der Waals surface area contributed by atoms with Gasteiger partial charge in [0.1, 0.15) is 0 Å². The number of nitrogens with one attached hydrogen (secondary N) is 2. The van der Waals surface area contributed by atoms with Crippen molar-refractivity contribution in [3.05, 3.63) is 58.1 Å². The van der Waals surface area contributed by atoms with Gasteiger partial charge in [-0.15, -0.1) is 0 Å². The van der Waals surface area contributed by atoms with E-state index in [0.717, 1.165) is 10.0 Å². The Labute approximate surface area is 161 Å². The van der Waals surface area contributed by atoms with E-state index in [-0.39, 0.29) is 11.8 Å². The highest BCUT2D eigenvalue weighted by Gasteiger charge is 2.10. The van der Waals surface area contributed by atoms with E-state index in [9.17, 15) is 9.59 Å². The van der Waals surface area contributed by atoms with Crippen LogP contribution in [0.3, 0.4) is 0 Å². The molecule has 26 heavy (non-hydrogen) atoms. The summed E-state index contributed by atoms with van der Waals surface area (Å²) in [5, 5.41) is 5.54. The zero-order valence-electron chi connectivity index (χ0n) is 14.7. The van der Waals surface area contributed by atoms with Gasteiger partial charge in [-0.1, -0.05) is 28.1 Å². The molecule has 138 valence electrons. The molecule has 0 atom stereocenters. The molecule has 0 aromatic heterocycles. The molecule has 2 aromatic rings. The first kappa shape index (κ1) is 19.8. The van der Waals surface area contributed by atoms with Gasteiger partial charge in [0.15, 0.2) is 11.5 Å². The third-order valence-corrected chi connectivity index (χ3v) is 4.19. The number of hydrogen-bond acceptors (Lipinski definition) is 4. The molecule has 6 nitrogen and oxygen atoms in total. The molecule has 0 aliphatic carbocycles. The van der Waals surface area contributed by atoms with Crippen LogP contribution in [0.4, 0.5) is 0 Å². The Morgan fingerprint density at radius 1 is 0.923 bits per heavy atom. The molecule has 0 unspecified atom stereocenters. The van der Waals surface area contributed by atoms with Gasteiger partial charge in [-0.05, 0) is 35.9 Å². The molecular weight excluding hydrogens is 400 g/mol. The predicted octanol–water partition coefficient (Wildman–Crippen LogP) is 2.56. The molecule has 0 fully saturated rings. The monoisotopic (exact) mass is 420 g/mol. The van der Waals surface area contributed by atoms with E-state index in [1.165, 1.54) is 14.2 Å². The number of hydrogen-bond donors (Lipinski definition) is 2. The van der Waals surface area contributed by atoms with Gasteiger partial charge in [0, 0.05) is 23.1 Å². The minimum atomic E-state index is -0.242. The van der Waals surface area contributed by atoms with Crippen molar-refractivity contribution in [1.82, 2.24) is 10.6 Å². The number of halogens is 1. The van der Waals surface area contributed by atoms with Crippen molar-refractivity contribution in [1.29, 1.82) is 0 Å². The fourth-order valence-electron chi connectivity index (χ4n) is 2.31. The second kappa shape index (κ2) is 9.82. The normalized spacial score (nSPS) is 10.1. The van der Waals surface area contributed by atoms with Crippen LogP contribution in [0.2, 0.25) is 0 Å². The van der Waals surface area contributed by atoms with E-state index in [1.807, 2.05) is 24.3 Å². The van der Waals surface area contributed by atoms with E-state index in [2.05, 4.69) is 26.6 Å². The maximum Gasteiger partial charge on any atom is 0.251 e. The Morgan fingerprint density at radius 2 is 1.58 bits per heavy atom. The lowest BCUT2D eigenvalue weighted by molar-refractivity contribution is -0.120. The number of carbonyl (C=O) groups is 2. The highest BCUT2D eigenvalue weighted by Crippen LogP contribution is 2.27. The van der Waals surface area contributed by atoms with E-state index < -0.39 is 0 Å². The van der Waals surface area contributed by atoms with Gasteiger partial charge in [-0.25, -0.2) is 0 Å². The van der Waals surface area contributed by atoms with Crippen molar-refractivity contribution in [2.75, 3.05) is 27.3 Å². The zero-order valence-corrected chi connectivity index (χ0v) is 16.3. The fourth-order valence-corrected chi connectivity index (χ4v) is 2.57. The summed E-state index contributed by atoms with van der Waals surface area (Å²) in [6, 6.07) is 12.5. The van der Waals surface area contributed by atoms with Gasteiger partial charge in [0.25, 0.3) is 5.91 Å². The summed E-state index contributed by atoms with van der Waals surface area (Å²) in [6.45, 7) is 0.688. The van der Waals surface area contributed by atoms with Crippen molar-refractivity contribution >= 4 is 27.7 Å². The van der Waals surface area contributed by atoms with E-state index in [1.54, 1.807) is 18.2 Å². The second-order valence-electron chi connectivity index (χ2n) is 5.48. The minimum Gasteiger partial charge on any atom is -0.493 e. The van der Waals surface area contributed by atoms with Crippen LogP contribution in [0.25, 0.3) is 0 Å². The summed E-state index contributed by atoms with van der Waals surface area (Å²) in [6.07, 6.45) is 0.302. The third-order valence-electron chi connectivity index (χ3n) is 3.66. The lowest BCUT2D eigenvalue weighted by Gasteiger charge is -2.10.